The van der Waals surface area contributed by atoms with Crippen molar-refractivity contribution >= 4 is 29.1 Å². The molecule has 2 amide bonds. The molecule has 0 fully saturated rings. The summed E-state index contributed by atoms with van der Waals surface area (Å²) in [6.07, 6.45) is 7.51. The molecule has 164 valence electrons. The minimum atomic E-state index is -1.09. The summed E-state index contributed by atoms with van der Waals surface area (Å²) in [6, 6.07) is 1.77. The molecule has 0 radical (unpaired) electrons. The number of halogens is 2. The largest absolute Gasteiger partial charge is 0.341 e. The molecule has 0 N–H and O–H groups in total. The van der Waals surface area contributed by atoms with Crippen LogP contribution in [-0.4, -0.2) is 25.5 Å². The zero-order valence-electron chi connectivity index (χ0n) is 16.9. The molecule has 0 bridgehead atoms. The van der Waals surface area contributed by atoms with E-state index in [9.17, 15) is 28.4 Å². The number of rotatable bonds is 3. The second kappa shape index (κ2) is 7.76. The van der Waals surface area contributed by atoms with E-state index in [4.69, 9.17) is 18.0 Å². The fourth-order valence-corrected chi connectivity index (χ4v) is 4.19. The van der Waals surface area contributed by atoms with E-state index in [2.05, 4.69) is 5.92 Å². The Balaban J connectivity index is 1.95. The van der Waals surface area contributed by atoms with Gasteiger partial charge in [0.1, 0.15) is 5.82 Å². The molecule has 11 heteroatoms. The topological polar surface area (TPSA) is 103 Å². The van der Waals surface area contributed by atoms with E-state index >= 15 is 0 Å². The van der Waals surface area contributed by atoms with Gasteiger partial charge in [-0.15, -0.1) is 6.42 Å². The van der Waals surface area contributed by atoms with Crippen molar-refractivity contribution < 1.29 is 14.0 Å². The Morgan fingerprint density at radius 1 is 0.969 bits per heavy atom. The molecule has 0 unspecified atom stereocenters. The number of terminal acetylenes is 1. The first-order chi connectivity index (χ1) is 15.2. The standard InChI is InChI=1S/C21H16ClFN4O5/c1-3-8-25-19(30)24(2)20(31)27(21(25)32)15-10-16(14(23)9-13(15)22)26-17(28)11-6-4-5-7-12(11)18(26)29/h1,9-10H,4-8H2,2H3. The molecule has 2 aliphatic rings. The summed E-state index contributed by atoms with van der Waals surface area (Å²) in [5.41, 5.74) is -3.14. The summed E-state index contributed by atoms with van der Waals surface area (Å²) in [5, 5.41) is -0.340. The third kappa shape index (κ3) is 3.05. The number of carbonyl (C=O) groups excluding carboxylic acids is 2. The summed E-state index contributed by atoms with van der Waals surface area (Å²) in [5.74, 6) is -0.123. The Labute approximate surface area is 184 Å². The van der Waals surface area contributed by atoms with E-state index in [-0.39, 0.29) is 10.7 Å². The van der Waals surface area contributed by atoms with Crippen molar-refractivity contribution in [2.75, 3.05) is 4.90 Å². The summed E-state index contributed by atoms with van der Waals surface area (Å²) >= 11 is 6.13. The minimum Gasteiger partial charge on any atom is -0.269 e. The lowest BCUT2D eigenvalue weighted by Gasteiger charge is -2.19. The molecule has 9 nitrogen and oxygen atoms in total. The Hall–Kier alpha value is -3.71. The first-order valence-electron chi connectivity index (χ1n) is 9.65. The lowest BCUT2D eigenvalue weighted by atomic mass is 9.93. The fraction of sp³-hybridized carbons (Fsp3) is 0.286. The van der Waals surface area contributed by atoms with Gasteiger partial charge < -0.3 is 0 Å². The third-order valence-electron chi connectivity index (χ3n) is 5.56. The number of nitrogens with zero attached hydrogens (tertiary/aromatic N) is 4. The maximum Gasteiger partial charge on any atom is 0.341 e. The Kier molecular flexibility index (Phi) is 5.22. The van der Waals surface area contributed by atoms with Crippen molar-refractivity contribution in [2.24, 2.45) is 7.05 Å². The highest BCUT2D eigenvalue weighted by Crippen LogP contribution is 2.38. The van der Waals surface area contributed by atoms with Gasteiger partial charge in [-0.3, -0.25) is 9.59 Å². The van der Waals surface area contributed by atoms with Crippen LogP contribution < -0.4 is 22.0 Å². The number of hydrogen-bond donors (Lipinski definition) is 0. The molecular weight excluding hydrogens is 443 g/mol. The predicted octanol–water partition coefficient (Wildman–Crippen LogP) is 0.867. The van der Waals surface area contributed by atoms with Crippen LogP contribution >= 0.6 is 11.6 Å². The highest BCUT2D eigenvalue weighted by atomic mass is 35.5. The van der Waals surface area contributed by atoms with Gasteiger partial charge in [-0.25, -0.2) is 37.4 Å². The second-order valence-corrected chi connectivity index (χ2v) is 7.80. The molecule has 1 aromatic carbocycles. The normalized spacial score (nSPS) is 15.9. The molecule has 2 heterocycles. The van der Waals surface area contributed by atoms with E-state index in [1.807, 2.05) is 0 Å². The van der Waals surface area contributed by atoms with Crippen molar-refractivity contribution in [1.82, 2.24) is 13.7 Å². The molecule has 1 aliphatic carbocycles. The zero-order valence-corrected chi connectivity index (χ0v) is 17.6. The van der Waals surface area contributed by atoms with Crippen molar-refractivity contribution in [2.45, 2.75) is 32.2 Å². The molecule has 0 spiro atoms. The number of carbonyl (C=O) groups is 2. The van der Waals surface area contributed by atoms with Gasteiger partial charge in [0.15, 0.2) is 0 Å². The zero-order chi connectivity index (χ0) is 23.3. The highest BCUT2D eigenvalue weighted by Gasteiger charge is 2.41. The summed E-state index contributed by atoms with van der Waals surface area (Å²) in [4.78, 5) is 64.2. The van der Waals surface area contributed by atoms with Gasteiger partial charge in [0.05, 0.1) is 22.9 Å². The minimum absolute atomic E-state index is 0.301. The average molecular weight is 459 g/mol. The molecule has 1 aromatic heterocycles. The Morgan fingerprint density at radius 3 is 2.12 bits per heavy atom. The monoisotopic (exact) mass is 458 g/mol. The van der Waals surface area contributed by atoms with Gasteiger partial charge >= 0.3 is 17.1 Å². The predicted molar refractivity (Wildman–Crippen MR) is 113 cm³/mol. The molecule has 1 aliphatic heterocycles. The van der Waals surface area contributed by atoms with Crippen molar-refractivity contribution in [3.63, 3.8) is 0 Å². The van der Waals surface area contributed by atoms with Gasteiger partial charge in [0.2, 0.25) is 0 Å². The van der Waals surface area contributed by atoms with Crippen LogP contribution in [0.1, 0.15) is 25.7 Å². The molecule has 4 rings (SSSR count). The third-order valence-corrected chi connectivity index (χ3v) is 5.86. The van der Waals surface area contributed by atoms with Crippen molar-refractivity contribution in [3.05, 3.63) is 65.6 Å². The van der Waals surface area contributed by atoms with Crippen LogP contribution in [0.5, 0.6) is 0 Å². The van der Waals surface area contributed by atoms with Crippen LogP contribution in [0.15, 0.2) is 37.7 Å². The van der Waals surface area contributed by atoms with Crippen molar-refractivity contribution in [1.29, 1.82) is 0 Å². The van der Waals surface area contributed by atoms with Gasteiger partial charge in [-0.05, 0) is 37.8 Å². The second-order valence-electron chi connectivity index (χ2n) is 7.40. The number of anilines is 1. The average Bonchev–Trinajstić information content (AvgIpc) is 3.02. The van der Waals surface area contributed by atoms with Gasteiger partial charge in [0, 0.05) is 18.2 Å². The summed E-state index contributed by atoms with van der Waals surface area (Å²) in [7, 11) is 1.14. The van der Waals surface area contributed by atoms with Crippen LogP contribution in [0.3, 0.4) is 0 Å². The van der Waals surface area contributed by atoms with Crippen molar-refractivity contribution in [3.8, 4) is 18.0 Å². The number of hydrogen-bond acceptors (Lipinski definition) is 5. The lowest BCUT2D eigenvalue weighted by Crippen LogP contribution is -2.53. The van der Waals surface area contributed by atoms with Crippen LogP contribution in [0.4, 0.5) is 10.1 Å². The molecule has 2 aromatic rings. The van der Waals surface area contributed by atoms with Gasteiger partial charge in [-0.1, -0.05) is 17.5 Å². The van der Waals surface area contributed by atoms with E-state index in [0.717, 1.165) is 32.0 Å². The number of amides is 2. The first-order valence-corrected chi connectivity index (χ1v) is 10.0. The van der Waals surface area contributed by atoms with Gasteiger partial charge in [-0.2, -0.15) is 0 Å². The smallest absolute Gasteiger partial charge is 0.269 e. The fourth-order valence-electron chi connectivity index (χ4n) is 3.96. The maximum absolute atomic E-state index is 14.9. The molecule has 0 atom stereocenters. The molecule has 0 saturated carbocycles. The SMILES string of the molecule is C#CCn1c(=O)n(C)c(=O)n(-c2cc(N3C(=O)C4=C(CCCC4)C3=O)c(F)cc2Cl)c1=O. The van der Waals surface area contributed by atoms with Crippen LogP contribution in [-0.2, 0) is 23.2 Å². The van der Waals surface area contributed by atoms with Crippen LogP contribution in [0.2, 0.25) is 5.02 Å². The summed E-state index contributed by atoms with van der Waals surface area (Å²) < 4.78 is 16.7. The van der Waals surface area contributed by atoms with Crippen LogP contribution in [0, 0.1) is 18.2 Å². The first kappa shape index (κ1) is 21.5. The van der Waals surface area contributed by atoms with Crippen LogP contribution in [0.25, 0.3) is 5.69 Å². The molecule has 32 heavy (non-hydrogen) atoms. The van der Waals surface area contributed by atoms with E-state index < -0.39 is 46.9 Å². The van der Waals surface area contributed by atoms with E-state index in [1.165, 1.54) is 0 Å². The van der Waals surface area contributed by atoms with Gasteiger partial charge in [0.25, 0.3) is 11.8 Å². The Bertz CT molecular complexity index is 1430. The summed E-state index contributed by atoms with van der Waals surface area (Å²) in [6.45, 7) is -0.419. The number of aromatic nitrogens is 3. The maximum atomic E-state index is 14.9. The molecule has 0 saturated heterocycles. The highest BCUT2D eigenvalue weighted by molar-refractivity contribution is 6.34. The number of imide groups is 1. The number of benzene rings is 1. The molecular formula is C21H16ClFN4O5. The quantitative estimate of drug-likeness (QED) is 0.501. The van der Waals surface area contributed by atoms with E-state index in [0.29, 0.717) is 42.6 Å². The van der Waals surface area contributed by atoms with E-state index in [1.54, 1.807) is 0 Å². The Morgan fingerprint density at radius 2 is 1.56 bits per heavy atom. The lowest BCUT2D eigenvalue weighted by molar-refractivity contribution is -0.120.